The Labute approximate surface area is 129 Å². The fraction of sp³-hybridized carbons (Fsp3) is 0.667. The summed E-state index contributed by atoms with van der Waals surface area (Å²) in [6.45, 7) is 6.65. The van der Waals surface area contributed by atoms with Crippen molar-refractivity contribution in [1.29, 1.82) is 0 Å². The van der Waals surface area contributed by atoms with Crippen molar-refractivity contribution in [3.63, 3.8) is 0 Å². The Bertz CT molecular complexity index is 487. The number of hydrogen-bond acceptors (Lipinski definition) is 4. The van der Waals surface area contributed by atoms with Crippen LogP contribution in [0.4, 0.5) is 0 Å². The molecule has 0 bridgehead atoms. The van der Waals surface area contributed by atoms with E-state index in [1.54, 1.807) is 17.5 Å². The second-order valence-electron chi connectivity index (χ2n) is 5.83. The largest absolute Gasteiger partial charge is 0.344 e. The average Bonchev–Trinajstić information content (AvgIpc) is 2.91. The van der Waals surface area contributed by atoms with Gasteiger partial charge >= 0.3 is 0 Å². The maximum absolute atomic E-state index is 12.8. The Balaban J connectivity index is 2.23. The highest BCUT2D eigenvalue weighted by atomic mass is 32.1. The van der Waals surface area contributed by atoms with Gasteiger partial charge in [-0.2, -0.15) is 0 Å². The standard InChI is InChI=1S/C15H23N3O2S/c1-4-12(14-16-6-8-21-14)18-7-5-13(19)17-11(15(18)20)9-10(2)3/h6,8,10-12H,4-5,7,9H2,1-3H3,(H,17,19). The van der Waals surface area contributed by atoms with Gasteiger partial charge in [-0.3, -0.25) is 9.59 Å². The van der Waals surface area contributed by atoms with Crippen LogP contribution in [0.15, 0.2) is 11.6 Å². The Morgan fingerprint density at radius 2 is 2.24 bits per heavy atom. The molecule has 1 fully saturated rings. The number of aromatic nitrogens is 1. The fourth-order valence-electron chi connectivity index (χ4n) is 2.73. The van der Waals surface area contributed by atoms with E-state index < -0.39 is 6.04 Å². The Kier molecular flexibility index (Phi) is 5.33. The van der Waals surface area contributed by atoms with Crippen molar-refractivity contribution in [3.8, 4) is 0 Å². The Morgan fingerprint density at radius 1 is 1.48 bits per heavy atom. The number of rotatable bonds is 5. The van der Waals surface area contributed by atoms with Crippen LogP contribution in [0, 0.1) is 5.92 Å². The van der Waals surface area contributed by atoms with Crippen molar-refractivity contribution >= 4 is 23.2 Å². The molecule has 0 radical (unpaired) electrons. The summed E-state index contributed by atoms with van der Waals surface area (Å²) >= 11 is 1.56. The molecule has 0 spiro atoms. The molecule has 0 saturated carbocycles. The molecule has 2 amide bonds. The topological polar surface area (TPSA) is 62.3 Å². The molecule has 21 heavy (non-hydrogen) atoms. The summed E-state index contributed by atoms with van der Waals surface area (Å²) in [5.41, 5.74) is 0. The summed E-state index contributed by atoms with van der Waals surface area (Å²) in [6, 6.07) is -0.436. The molecule has 116 valence electrons. The third-order valence-electron chi connectivity index (χ3n) is 3.70. The molecule has 1 saturated heterocycles. The predicted molar refractivity (Wildman–Crippen MR) is 82.9 cm³/mol. The molecular weight excluding hydrogens is 286 g/mol. The first-order valence-electron chi connectivity index (χ1n) is 7.52. The number of thiazole rings is 1. The molecule has 1 aromatic heterocycles. The summed E-state index contributed by atoms with van der Waals surface area (Å²) in [5.74, 6) is 0.348. The molecule has 1 N–H and O–H groups in total. The molecule has 2 heterocycles. The average molecular weight is 309 g/mol. The molecule has 5 nitrogen and oxygen atoms in total. The van der Waals surface area contributed by atoms with Crippen molar-refractivity contribution in [2.45, 2.75) is 52.1 Å². The first-order valence-corrected chi connectivity index (χ1v) is 8.40. The Hall–Kier alpha value is -1.43. The number of amides is 2. The van der Waals surface area contributed by atoms with E-state index in [-0.39, 0.29) is 17.9 Å². The van der Waals surface area contributed by atoms with Gasteiger partial charge < -0.3 is 10.2 Å². The van der Waals surface area contributed by atoms with Gasteiger partial charge in [0.15, 0.2) is 0 Å². The van der Waals surface area contributed by atoms with Gasteiger partial charge in [-0.25, -0.2) is 4.98 Å². The number of carbonyl (C=O) groups is 2. The molecule has 1 aliphatic heterocycles. The van der Waals surface area contributed by atoms with Crippen molar-refractivity contribution in [2.75, 3.05) is 6.54 Å². The second-order valence-corrected chi connectivity index (χ2v) is 6.75. The molecule has 1 aliphatic rings. The zero-order valence-electron chi connectivity index (χ0n) is 12.8. The van der Waals surface area contributed by atoms with Gasteiger partial charge in [0.25, 0.3) is 0 Å². The lowest BCUT2D eigenvalue weighted by molar-refractivity contribution is -0.136. The lowest BCUT2D eigenvalue weighted by Crippen LogP contribution is -2.46. The predicted octanol–water partition coefficient (Wildman–Crippen LogP) is 2.36. The van der Waals surface area contributed by atoms with Crippen LogP contribution in [0.1, 0.15) is 51.1 Å². The molecule has 0 aliphatic carbocycles. The maximum Gasteiger partial charge on any atom is 0.245 e. The van der Waals surface area contributed by atoms with Crippen molar-refractivity contribution < 1.29 is 9.59 Å². The normalized spacial score (nSPS) is 21.3. The lowest BCUT2D eigenvalue weighted by atomic mass is 10.0. The summed E-state index contributed by atoms with van der Waals surface area (Å²) in [4.78, 5) is 30.9. The van der Waals surface area contributed by atoms with Crippen molar-refractivity contribution in [3.05, 3.63) is 16.6 Å². The first kappa shape index (κ1) is 15.9. The van der Waals surface area contributed by atoms with Crippen LogP contribution in [0.5, 0.6) is 0 Å². The van der Waals surface area contributed by atoms with Gasteiger partial charge in [0.1, 0.15) is 11.0 Å². The lowest BCUT2D eigenvalue weighted by Gasteiger charge is -2.31. The van der Waals surface area contributed by atoms with Crippen LogP contribution in [0.25, 0.3) is 0 Å². The zero-order valence-corrected chi connectivity index (χ0v) is 13.7. The molecule has 6 heteroatoms. The van der Waals surface area contributed by atoms with E-state index in [0.717, 1.165) is 11.4 Å². The van der Waals surface area contributed by atoms with Gasteiger partial charge in [0.05, 0.1) is 6.04 Å². The summed E-state index contributed by atoms with van der Waals surface area (Å²) in [6.07, 6.45) is 3.61. The van der Waals surface area contributed by atoms with Gasteiger partial charge in [-0.15, -0.1) is 11.3 Å². The second kappa shape index (κ2) is 7.02. The van der Waals surface area contributed by atoms with E-state index in [1.165, 1.54) is 0 Å². The van der Waals surface area contributed by atoms with Crippen LogP contribution in [0.2, 0.25) is 0 Å². The van der Waals surface area contributed by atoms with E-state index in [1.807, 2.05) is 10.3 Å². The number of nitrogens with zero attached hydrogens (tertiary/aromatic N) is 2. The van der Waals surface area contributed by atoms with Crippen molar-refractivity contribution in [1.82, 2.24) is 15.2 Å². The van der Waals surface area contributed by atoms with E-state index in [2.05, 4.69) is 31.1 Å². The summed E-state index contributed by atoms with van der Waals surface area (Å²) in [5, 5.41) is 5.74. The molecular formula is C15H23N3O2S. The maximum atomic E-state index is 12.8. The third-order valence-corrected chi connectivity index (χ3v) is 4.58. The van der Waals surface area contributed by atoms with E-state index >= 15 is 0 Å². The monoisotopic (exact) mass is 309 g/mol. The number of carbonyl (C=O) groups excluding carboxylic acids is 2. The fourth-order valence-corrected chi connectivity index (χ4v) is 3.56. The molecule has 2 atom stereocenters. The quantitative estimate of drug-likeness (QED) is 0.908. The minimum Gasteiger partial charge on any atom is -0.344 e. The highest BCUT2D eigenvalue weighted by Gasteiger charge is 2.34. The minimum absolute atomic E-state index is 0.0246. The van der Waals surface area contributed by atoms with Gasteiger partial charge in [-0.1, -0.05) is 20.8 Å². The minimum atomic E-state index is -0.408. The number of hydrogen-bond donors (Lipinski definition) is 1. The van der Waals surface area contributed by atoms with E-state index in [9.17, 15) is 9.59 Å². The van der Waals surface area contributed by atoms with Crippen LogP contribution in [0.3, 0.4) is 0 Å². The highest BCUT2D eigenvalue weighted by Crippen LogP contribution is 2.28. The summed E-state index contributed by atoms with van der Waals surface area (Å²) in [7, 11) is 0. The van der Waals surface area contributed by atoms with Crippen LogP contribution >= 0.6 is 11.3 Å². The third kappa shape index (κ3) is 3.81. The molecule has 2 unspecified atom stereocenters. The van der Waals surface area contributed by atoms with Crippen LogP contribution in [-0.2, 0) is 9.59 Å². The van der Waals surface area contributed by atoms with E-state index in [0.29, 0.717) is 25.3 Å². The first-order chi connectivity index (χ1) is 10.0. The van der Waals surface area contributed by atoms with Crippen LogP contribution < -0.4 is 5.32 Å². The molecule has 1 aromatic rings. The van der Waals surface area contributed by atoms with Crippen molar-refractivity contribution in [2.24, 2.45) is 5.92 Å². The SMILES string of the molecule is CCC(c1nccs1)N1CCC(=O)NC(CC(C)C)C1=O. The molecule has 2 rings (SSSR count). The van der Waals surface area contributed by atoms with Gasteiger partial charge in [0, 0.05) is 24.5 Å². The van der Waals surface area contributed by atoms with Gasteiger partial charge in [0.2, 0.25) is 11.8 Å². The Morgan fingerprint density at radius 3 is 2.81 bits per heavy atom. The van der Waals surface area contributed by atoms with Gasteiger partial charge in [-0.05, 0) is 18.8 Å². The smallest absolute Gasteiger partial charge is 0.245 e. The van der Waals surface area contributed by atoms with E-state index in [4.69, 9.17) is 0 Å². The summed E-state index contributed by atoms with van der Waals surface area (Å²) < 4.78 is 0. The van der Waals surface area contributed by atoms with Crippen LogP contribution in [-0.4, -0.2) is 34.3 Å². The molecule has 0 aromatic carbocycles. The highest BCUT2D eigenvalue weighted by molar-refractivity contribution is 7.09. The number of nitrogens with one attached hydrogen (secondary N) is 1. The zero-order chi connectivity index (χ0) is 15.4.